The van der Waals surface area contributed by atoms with Crippen LogP contribution in [0.15, 0.2) is 18.3 Å². The Morgan fingerprint density at radius 3 is 2.63 bits per heavy atom. The summed E-state index contributed by atoms with van der Waals surface area (Å²) < 4.78 is 52.2. The van der Waals surface area contributed by atoms with Gasteiger partial charge in [0.15, 0.2) is 0 Å². The van der Waals surface area contributed by atoms with E-state index in [2.05, 4.69) is 4.98 Å². The highest BCUT2D eigenvalue weighted by molar-refractivity contribution is 5.88. The number of aromatic amines is 1. The number of aldehydes is 1. The number of halogens is 4. The molecule has 0 fully saturated rings. The highest BCUT2D eigenvalue weighted by Gasteiger charge is 2.34. The molecule has 1 heterocycles. The van der Waals surface area contributed by atoms with E-state index in [0.29, 0.717) is 12.4 Å². The van der Waals surface area contributed by atoms with Crippen LogP contribution >= 0.6 is 0 Å². The Kier molecular flexibility index (Phi) is 3.32. The smallest absolute Gasteiger partial charge is 0.359 e. The lowest BCUT2D eigenvalue weighted by molar-refractivity contribution is -0.136. The standard InChI is InChI=1S/C12H10F4N2O/c13-9-2-1-8(12(14,15)16)10-6(3-7(17)5-19)4-18-11(9)10/h1-2,4-5,7,18H,3,17H2/t7-/m0/s1. The molecule has 2 aromatic rings. The van der Waals surface area contributed by atoms with E-state index < -0.39 is 23.6 Å². The van der Waals surface area contributed by atoms with E-state index in [1.54, 1.807) is 0 Å². The van der Waals surface area contributed by atoms with Crippen molar-refractivity contribution in [3.8, 4) is 0 Å². The van der Waals surface area contributed by atoms with E-state index in [1.807, 2.05) is 0 Å². The fourth-order valence-electron chi connectivity index (χ4n) is 1.98. The number of rotatable bonds is 3. The largest absolute Gasteiger partial charge is 0.417 e. The van der Waals surface area contributed by atoms with Crippen molar-refractivity contribution in [2.24, 2.45) is 5.73 Å². The SMILES string of the molecule is N[C@H](C=O)Cc1c[nH]c2c(F)ccc(C(F)(F)F)c12. The van der Waals surface area contributed by atoms with Gasteiger partial charge in [0.05, 0.1) is 17.1 Å². The first-order chi connectivity index (χ1) is 8.84. The molecule has 19 heavy (non-hydrogen) atoms. The van der Waals surface area contributed by atoms with Gasteiger partial charge in [-0.3, -0.25) is 0 Å². The van der Waals surface area contributed by atoms with Gasteiger partial charge in [-0.1, -0.05) is 0 Å². The number of H-pyrrole nitrogens is 1. The molecular formula is C12H10F4N2O. The van der Waals surface area contributed by atoms with Crippen molar-refractivity contribution in [2.75, 3.05) is 0 Å². The van der Waals surface area contributed by atoms with Crippen LogP contribution in [0.3, 0.4) is 0 Å². The second kappa shape index (κ2) is 4.65. The Morgan fingerprint density at radius 2 is 2.05 bits per heavy atom. The third-order valence-corrected chi connectivity index (χ3v) is 2.80. The molecule has 0 spiro atoms. The highest BCUT2D eigenvalue weighted by Crippen LogP contribution is 2.37. The molecule has 3 N–H and O–H groups in total. The molecule has 0 aliphatic carbocycles. The summed E-state index contributed by atoms with van der Waals surface area (Å²) in [6.07, 6.45) is -3.01. The average molecular weight is 274 g/mol. The van der Waals surface area contributed by atoms with Crippen molar-refractivity contribution in [2.45, 2.75) is 18.6 Å². The molecule has 7 heteroatoms. The number of carbonyl (C=O) groups is 1. The average Bonchev–Trinajstić information content (AvgIpc) is 2.73. The lowest BCUT2D eigenvalue weighted by Gasteiger charge is -2.11. The summed E-state index contributed by atoms with van der Waals surface area (Å²) >= 11 is 0. The maximum atomic E-state index is 13.5. The van der Waals surface area contributed by atoms with E-state index in [1.165, 1.54) is 6.20 Å². The van der Waals surface area contributed by atoms with Crippen LogP contribution in [-0.2, 0) is 17.4 Å². The van der Waals surface area contributed by atoms with Gasteiger partial charge in [0.25, 0.3) is 0 Å². The molecule has 2 rings (SSSR count). The zero-order valence-corrected chi connectivity index (χ0v) is 9.59. The molecule has 3 nitrogen and oxygen atoms in total. The van der Waals surface area contributed by atoms with E-state index in [4.69, 9.17) is 5.73 Å². The Labute approximate surface area is 105 Å². The van der Waals surface area contributed by atoms with E-state index in [9.17, 15) is 22.4 Å². The van der Waals surface area contributed by atoms with Gasteiger partial charge in [-0.25, -0.2) is 4.39 Å². The second-order valence-electron chi connectivity index (χ2n) is 4.16. The summed E-state index contributed by atoms with van der Waals surface area (Å²) in [6.45, 7) is 0. The van der Waals surface area contributed by atoms with Crippen LogP contribution in [0, 0.1) is 5.82 Å². The lowest BCUT2D eigenvalue weighted by atomic mass is 10.0. The van der Waals surface area contributed by atoms with Gasteiger partial charge >= 0.3 is 6.18 Å². The van der Waals surface area contributed by atoms with Crippen molar-refractivity contribution in [1.82, 2.24) is 4.98 Å². The number of alkyl halides is 3. The van der Waals surface area contributed by atoms with E-state index in [0.717, 1.165) is 6.07 Å². The summed E-state index contributed by atoms with van der Waals surface area (Å²) in [4.78, 5) is 12.9. The molecule has 1 atom stereocenters. The number of hydrogen-bond acceptors (Lipinski definition) is 2. The minimum absolute atomic E-state index is 0.0873. The Bertz CT molecular complexity index is 618. The van der Waals surface area contributed by atoms with Crippen molar-refractivity contribution in [1.29, 1.82) is 0 Å². The van der Waals surface area contributed by atoms with Crippen LogP contribution < -0.4 is 5.73 Å². The highest BCUT2D eigenvalue weighted by atomic mass is 19.4. The quantitative estimate of drug-likeness (QED) is 0.667. The monoisotopic (exact) mass is 274 g/mol. The Balaban J connectivity index is 2.67. The van der Waals surface area contributed by atoms with Gasteiger partial charge in [0.1, 0.15) is 12.1 Å². The topological polar surface area (TPSA) is 58.9 Å². The fraction of sp³-hybridized carbons (Fsp3) is 0.250. The van der Waals surface area contributed by atoms with Gasteiger partial charge in [-0.15, -0.1) is 0 Å². The first-order valence-electron chi connectivity index (χ1n) is 5.41. The first-order valence-corrected chi connectivity index (χ1v) is 5.41. The number of carbonyl (C=O) groups excluding carboxylic acids is 1. The molecule has 0 unspecified atom stereocenters. The van der Waals surface area contributed by atoms with Crippen LogP contribution in [0.25, 0.3) is 10.9 Å². The van der Waals surface area contributed by atoms with Gasteiger partial charge in [0.2, 0.25) is 0 Å². The predicted octanol–water partition coefficient (Wildman–Crippen LogP) is 2.39. The third kappa shape index (κ3) is 2.46. The molecule has 0 saturated carbocycles. The fourth-order valence-corrected chi connectivity index (χ4v) is 1.98. The lowest BCUT2D eigenvalue weighted by Crippen LogP contribution is -2.24. The number of aromatic nitrogens is 1. The van der Waals surface area contributed by atoms with Gasteiger partial charge in [0, 0.05) is 11.6 Å². The Morgan fingerprint density at radius 1 is 1.37 bits per heavy atom. The zero-order valence-electron chi connectivity index (χ0n) is 9.59. The normalized spacial score (nSPS) is 13.7. The molecule has 0 bridgehead atoms. The molecular weight excluding hydrogens is 264 g/mol. The molecule has 0 aliphatic heterocycles. The van der Waals surface area contributed by atoms with Crippen molar-refractivity contribution in [3.05, 3.63) is 35.3 Å². The summed E-state index contributed by atoms with van der Waals surface area (Å²) in [5, 5.41) is -0.273. The molecule has 0 amide bonds. The number of nitrogens with two attached hydrogens (primary N) is 1. The van der Waals surface area contributed by atoms with Crippen LogP contribution in [0.5, 0.6) is 0 Å². The van der Waals surface area contributed by atoms with Gasteiger partial charge in [-0.2, -0.15) is 13.2 Å². The molecule has 102 valence electrons. The molecule has 1 aromatic carbocycles. The number of nitrogens with one attached hydrogen (secondary N) is 1. The van der Waals surface area contributed by atoms with E-state index >= 15 is 0 Å². The van der Waals surface area contributed by atoms with Crippen molar-refractivity contribution >= 4 is 17.2 Å². The predicted molar refractivity (Wildman–Crippen MR) is 61.0 cm³/mol. The minimum Gasteiger partial charge on any atom is -0.359 e. The van der Waals surface area contributed by atoms with Crippen LogP contribution in [0.2, 0.25) is 0 Å². The van der Waals surface area contributed by atoms with Crippen molar-refractivity contribution in [3.63, 3.8) is 0 Å². The number of fused-ring (bicyclic) bond motifs is 1. The zero-order chi connectivity index (χ0) is 14.2. The maximum absolute atomic E-state index is 13.5. The van der Waals surface area contributed by atoms with Crippen LogP contribution in [-0.4, -0.2) is 17.3 Å². The summed E-state index contributed by atoms with van der Waals surface area (Å²) in [5.74, 6) is -0.783. The van der Waals surface area contributed by atoms with Gasteiger partial charge in [-0.05, 0) is 24.1 Å². The minimum atomic E-state index is -4.60. The number of hydrogen-bond donors (Lipinski definition) is 2. The third-order valence-electron chi connectivity index (χ3n) is 2.80. The first kappa shape index (κ1) is 13.5. The molecule has 0 radical (unpaired) electrons. The maximum Gasteiger partial charge on any atom is 0.417 e. The second-order valence-corrected chi connectivity index (χ2v) is 4.16. The summed E-state index contributed by atoms with van der Waals surface area (Å²) in [6, 6.07) is 0.510. The molecule has 0 aliphatic rings. The van der Waals surface area contributed by atoms with Crippen molar-refractivity contribution < 1.29 is 22.4 Å². The summed E-state index contributed by atoms with van der Waals surface area (Å²) in [5.41, 5.74) is 4.38. The number of benzene rings is 1. The summed E-state index contributed by atoms with van der Waals surface area (Å²) in [7, 11) is 0. The molecule has 1 aromatic heterocycles. The Hall–Kier alpha value is -1.89. The molecule has 0 saturated heterocycles. The van der Waals surface area contributed by atoms with Crippen LogP contribution in [0.1, 0.15) is 11.1 Å². The van der Waals surface area contributed by atoms with E-state index in [-0.39, 0.29) is 22.9 Å². The van der Waals surface area contributed by atoms with Gasteiger partial charge < -0.3 is 15.5 Å². The van der Waals surface area contributed by atoms with Crippen LogP contribution in [0.4, 0.5) is 17.6 Å².